The summed E-state index contributed by atoms with van der Waals surface area (Å²) in [5, 5.41) is 0. The first-order chi connectivity index (χ1) is 5.17. The molecule has 0 atom stereocenters. The summed E-state index contributed by atoms with van der Waals surface area (Å²) in [5.41, 5.74) is 0.128. The molecule has 11 heavy (non-hydrogen) atoms. The normalized spacial score (nSPS) is 40.0. The van der Waals surface area contributed by atoms with Crippen molar-refractivity contribution in [2.24, 2.45) is 11.3 Å². The average molecular weight is 153 g/mol. The summed E-state index contributed by atoms with van der Waals surface area (Å²) in [5.74, 6) is 1.12. The monoisotopic (exact) mass is 153 g/mol. The number of amides is 1. The molecule has 2 aliphatic carbocycles. The van der Waals surface area contributed by atoms with E-state index in [2.05, 4.69) is 0 Å². The van der Waals surface area contributed by atoms with E-state index in [9.17, 15) is 4.79 Å². The molecule has 2 nitrogen and oxygen atoms in total. The van der Waals surface area contributed by atoms with E-state index in [1.165, 1.54) is 12.8 Å². The van der Waals surface area contributed by atoms with Gasteiger partial charge in [0.05, 0.1) is 5.41 Å². The number of hydrogen-bond donors (Lipinski definition) is 0. The molecule has 0 heterocycles. The molecule has 0 bridgehead atoms. The Balaban J connectivity index is 2.09. The molecule has 0 aromatic heterocycles. The van der Waals surface area contributed by atoms with Crippen LogP contribution in [0.3, 0.4) is 0 Å². The predicted molar refractivity (Wildman–Crippen MR) is 43.1 cm³/mol. The van der Waals surface area contributed by atoms with Crippen LogP contribution in [0.1, 0.15) is 25.7 Å². The first-order valence-corrected chi connectivity index (χ1v) is 4.38. The molecule has 2 saturated carbocycles. The molecule has 0 radical (unpaired) electrons. The number of fused-ring (bicyclic) bond motifs is 1. The zero-order chi connectivity index (χ0) is 8.06. The van der Waals surface area contributed by atoms with Crippen LogP contribution in [0.25, 0.3) is 0 Å². The third kappa shape index (κ3) is 0.700. The minimum Gasteiger partial charge on any atom is -0.348 e. The van der Waals surface area contributed by atoms with Gasteiger partial charge in [0.1, 0.15) is 0 Å². The predicted octanol–water partition coefficient (Wildman–Crippen LogP) is 1.26. The van der Waals surface area contributed by atoms with E-state index < -0.39 is 0 Å². The Morgan fingerprint density at radius 3 is 2.00 bits per heavy atom. The van der Waals surface area contributed by atoms with E-state index in [1.54, 1.807) is 4.90 Å². The van der Waals surface area contributed by atoms with Crippen molar-refractivity contribution in [2.45, 2.75) is 25.7 Å². The molecule has 0 unspecified atom stereocenters. The van der Waals surface area contributed by atoms with Gasteiger partial charge in [-0.2, -0.15) is 0 Å². The molecule has 0 saturated heterocycles. The second kappa shape index (κ2) is 1.99. The molecule has 0 N–H and O–H groups in total. The summed E-state index contributed by atoms with van der Waals surface area (Å²) in [6, 6.07) is 0. The van der Waals surface area contributed by atoms with Crippen molar-refractivity contribution in [3.63, 3.8) is 0 Å². The highest BCUT2D eigenvalue weighted by atomic mass is 16.2. The third-order valence-corrected chi connectivity index (χ3v) is 3.49. The topological polar surface area (TPSA) is 20.3 Å². The van der Waals surface area contributed by atoms with Crippen molar-refractivity contribution in [1.29, 1.82) is 0 Å². The van der Waals surface area contributed by atoms with Gasteiger partial charge >= 0.3 is 0 Å². The zero-order valence-electron chi connectivity index (χ0n) is 7.26. The van der Waals surface area contributed by atoms with E-state index in [0.717, 1.165) is 18.8 Å². The fraction of sp³-hybridized carbons (Fsp3) is 0.889. The van der Waals surface area contributed by atoms with Gasteiger partial charge in [0.25, 0.3) is 0 Å². The molecule has 62 valence electrons. The minimum atomic E-state index is 0.128. The van der Waals surface area contributed by atoms with E-state index >= 15 is 0 Å². The largest absolute Gasteiger partial charge is 0.348 e. The lowest BCUT2D eigenvalue weighted by Gasteiger charge is -2.57. The molecule has 2 heteroatoms. The fourth-order valence-electron chi connectivity index (χ4n) is 2.50. The molecular formula is C9H15NO. The van der Waals surface area contributed by atoms with Crippen LogP contribution in [0.15, 0.2) is 0 Å². The minimum absolute atomic E-state index is 0.128. The Kier molecular flexibility index (Phi) is 1.29. The van der Waals surface area contributed by atoms with Crippen molar-refractivity contribution >= 4 is 5.91 Å². The maximum atomic E-state index is 11.6. The highest BCUT2D eigenvalue weighted by Crippen LogP contribution is 2.61. The molecule has 0 aliphatic heterocycles. The molecule has 0 aromatic rings. The van der Waals surface area contributed by atoms with Crippen LogP contribution < -0.4 is 0 Å². The number of nitrogens with zero attached hydrogens (tertiary/aromatic N) is 1. The van der Waals surface area contributed by atoms with E-state index in [-0.39, 0.29) is 5.41 Å². The Morgan fingerprint density at radius 1 is 1.36 bits per heavy atom. The Hall–Kier alpha value is -0.530. The molecule has 0 spiro atoms. The van der Waals surface area contributed by atoms with Gasteiger partial charge in [0.15, 0.2) is 0 Å². The van der Waals surface area contributed by atoms with E-state index in [1.807, 2.05) is 14.1 Å². The lowest BCUT2D eigenvalue weighted by atomic mass is 9.47. The van der Waals surface area contributed by atoms with Crippen molar-refractivity contribution in [2.75, 3.05) is 14.1 Å². The summed E-state index contributed by atoms with van der Waals surface area (Å²) in [6.45, 7) is 0. The van der Waals surface area contributed by atoms with Crippen molar-refractivity contribution < 1.29 is 4.79 Å². The van der Waals surface area contributed by atoms with Crippen LogP contribution >= 0.6 is 0 Å². The number of rotatable bonds is 1. The van der Waals surface area contributed by atoms with Gasteiger partial charge in [-0.1, -0.05) is 0 Å². The number of hydrogen-bond acceptors (Lipinski definition) is 1. The summed E-state index contributed by atoms with van der Waals surface area (Å²) < 4.78 is 0. The second-order valence-electron chi connectivity index (χ2n) is 4.13. The van der Waals surface area contributed by atoms with Crippen LogP contribution in [-0.2, 0) is 4.79 Å². The van der Waals surface area contributed by atoms with E-state index in [0.29, 0.717) is 5.91 Å². The lowest BCUT2D eigenvalue weighted by Crippen LogP contribution is -2.57. The number of carbonyl (C=O) groups is 1. The summed E-state index contributed by atoms with van der Waals surface area (Å²) >= 11 is 0. The molecule has 2 fully saturated rings. The van der Waals surface area contributed by atoms with Crippen molar-refractivity contribution in [1.82, 2.24) is 4.90 Å². The van der Waals surface area contributed by atoms with Crippen LogP contribution in [-0.4, -0.2) is 24.9 Å². The lowest BCUT2D eigenvalue weighted by molar-refractivity contribution is -0.166. The first kappa shape index (κ1) is 7.14. The second-order valence-corrected chi connectivity index (χ2v) is 4.13. The SMILES string of the molecule is CN(C)C(=O)C12CCC1CC2. The third-order valence-electron chi connectivity index (χ3n) is 3.49. The first-order valence-electron chi connectivity index (χ1n) is 4.38. The molecule has 1 amide bonds. The quantitative estimate of drug-likeness (QED) is 0.555. The Bertz CT molecular complexity index is 190. The maximum absolute atomic E-state index is 11.6. The van der Waals surface area contributed by atoms with Crippen LogP contribution in [0.4, 0.5) is 0 Å². The summed E-state index contributed by atoms with van der Waals surface area (Å²) in [6.07, 6.45) is 4.88. The number of carbonyl (C=O) groups excluding carboxylic acids is 1. The van der Waals surface area contributed by atoms with Gasteiger partial charge in [-0.05, 0) is 31.6 Å². The smallest absolute Gasteiger partial charge is 0.228 e. The van der Waals surface area contributed by atoms with Gasteiger partial charge in [0, 0.05) is 14.1 Å². The van der Waals surface area contributed by atoms with Crippen LogP contribution in [0.5, 0.6) is 0 Å². The van der Waals surface area contributed by atoms with Gasteiger partial charge in [0.2, 0.25) is 5.91 Å². The summed E-state index contributed by atoms with van der Waals surface area (Å²) in [7, 11) is 3.73. The van der Waals surface area contributed by atoms with Crippen LogP contribution in [0, 0.1) is 11.3 Å². The standard InChI is InChI=1S/C9H15NO/c1-10(2)8(11)9-5-3-7(9)4-6-9/h7H,3-6H2,1-2H3. The molecule has 2 aliphatic rings. The molecule has 0 aromatic carbocycles. The Labute approximate surface area is 67.6 Å². The molecule has 2 rings (SSSR count). The van der Waals surface area contributed by atoms with E-state index in [4.69, 9.17) is 0 Å². The molecular weight excluding hydrogens is 138 g/mol. The average Bonchev–Trinajstić information content (AvgIpc) is 1.95. The summed E-state index contributed by atoms with van der Waals surface area (Å²) in [4.78, 5) is 13.4. The van der Waals surface area contributed by atoms with Crippen molar-refractivity contribution in [3.05, 3.63) is 0 Å². The van der Waals surface area contributed by atoms with Crippen molar-refractivity contribution in [3.8, 4) is 0 Å². The van der Waals surface area contributed by atoms with Crippen LogP contribution in [0.2, 0.25) is 0 Å². The highest BCUT2D eigenvalue weighted by molar-refractivity contribution is 5.84. The maximum Gasteiger partial charge on any atom is 0.228 e. The van der Waals surface area contributed by atoms with Gasteiger partial charge < -0.3 is 4.90 Å². The zero-order valence-corrected chi connectivity index (χ0v) is 7.26. The van der Waals surface area contributed by atoms with Gasteiger partial charge in [-0.25, -0.2) is 0 Å². The highest BCUT2D eigenvalue weighted by Gasteiger charge is 2.58. The van der Waals surface area contributed by atoms with Gasteiger partial charge in [-0.3, -0.25) is 4.79 Å². The Morgan fingerprint density at radius 2 is 1.91 bits per heavy atom. The fourth-order valence-corrected chi connectivity index (χ4v) is 2.50. The van der Waals surface area contributed by atoms with Gasteiger partial charge in [-0.15, -0.1) is 0 Å².